The highest BCUT2D eigenvalue weighted by Crippen LogP contribution is 2.31. The van der Waals surface area contributed by atoms with Gasteiger partial charge in [-0.15, -0.1) is 0 Å². The van der Waals surface area contributed by atoms with E-state index >= 15 is 0 Å². The molecule has 182 valence electrons. The highest BCUT2D eigenvalue weighted by Gasteiger charge is 2.30. The Bertz CT molecular complexity index is 1180. The number of nitrogens with zero attached hydrogens (tertiary/aromatic N) is 2. The highest BCUT2D eigenvalue weighted by molar-refractivity contribution is 6.01. The summed E-state index contributed by atoms with van der Waals surface area (Å²) in [6.45, 7) is 3.35. The molecule has 35 heavy (non-hydrogen) atoms. The van der Waals surface area contributed by atoms with Gasteiger partial charge in [0.25, 0.3) is 11.8 Å². The molecule has 0 radical (unpaired) electrons. The molecule has 5 nitrogen and oxygen atoms in total. The van der Waals surface area contributed by atoms with E-state index in [0.29, 0.717) is 35.3 Å². The molecular weight excluding hydrogens is 455 g/mol. The van der Waals surface area contributed by atoms with Crippen molar-refractivity contribution in [1.29, 1.82) is 0 Å². The molecule has 0 aliphatic carbocycles. The van der Waals surface area contributed by atoms with Crippen molar-refractivity contribution in [2.75, 3.05) is 33.2 Å². The molecule has 1 saturated heterocycles. The lowest BCUT2D eigenvalue weighted by molar-refractivity contribution is -0.137. The Labute approximate surface area is 202 Å². The molecule has 0 unspecified atom stereocenters. The fourth-order valence-corrected chi connectivity index (χ4v) is 4.01. The number of piperazine rings is 1. The quantitative estimate of drug-likeness (QED) is 0.575. The van der Waals surface area contributed by atoms with Crippen LogP contribution in [0.4, 0.5) is 13.2 Å². The van der Waals surface area contributed by atoms with Gasteiger partial charge in [-0.1, -0.05) is 42.5 Å². The molecule has 1 aliphatic heterocycles. The molecule has 1 N–H and O–H groups in total. The average Bonchev–Trinajstić information content (AvgIpc) is 2.87. The monoisotopic (exact) mass is 481 g/mol. The van der Waals surface area contributed by atoms with Gasteiger partial charge in [0.1, 0.15) is 0 Å². The van der Waals surface area contributed by atoms with Crippen LogP contribution in [0, 0.1) is 0 Å². The maximum atomic E-state index is 12.9. The lowest BCUT2D eigenvalue weighted by atomic mass is 9.98. The zero-order valence-corrected chi connectivity index (χ0v) is 19.3. The Hall–Kier alpha value is -3.65. The molecule has 4 rings (SSSR count). The van der Waals surface area contributed by atoms with E-state index in [-0.39, 0.29) is 18.4 Å². The number of alkyl halides is 3. The molecule has 0 aromatic heterocycles. The third-order valence-corrected chi connectivity index (χ3v) is 6.14. The van der Waals surface area contributed by atoms with Gasteiger partial charge in [0.05, 0.1) is 5.56 Å². The van der Waals surface area contributed by atoms with Gasteiger partial charge in [0.15, 0.2) is 0 Å². The first-order valence-corrected chi connectivity index (χ1v) is 11.3. The van der Waals surface area contributed by atoms with E-state index in [0.717, 1.165) is 30.8 Å². The fraction of sp³-hybridized carbons (Fsp3) is 0.259. The SMILES string of the molecule is CN1CCN(C(=O)c2ccc(CNC(=O)c3ccccc3-c3ccc(C(F)(F)F)cc3)cc2)CC1. The summed E-state index contributed by atoms with van der Waals surface area (Å²) >= 11 is 0. The fourth-order valence-electron chi connectivity index (χ4n) is 4.01. The summed E-state index contributed by atoms with van der Waals surface area (Å²) in [4.78, 5) is 29.6. The van der Waals surface area contributed by atoms with Crippen LogP contribution in [0.15, 0.2) is 72.8 Å². The summed E-state index contributed by atoms with van der Waals surface area (Å²) in [5.41, 5.74) is 2.15. The smallest absolute Gasteiger partial charge is 0.348 e. The van der Waals surface area contributed by atoms with E-state index in [1.807, 2.05) is 24.1 Å². The molecule has 0 saturated carbocycles. The van der Waals surface area contributed by atoms with E-state index in [1.54, 1.807) is 36.4 Å². The summed E-state index contributed by atoms with van der Waals surface area (Å²) in [5.74, 6) is -0.336. The van der Waals surface area contributed by atoms with Crippen LogP contribution in [0.5, 0.6) is 0 Å². The van der Waals surface area contributed by atoms with Crippen molar-refractivity contribution in [3.05, 3.63) is 95.1 Å². The second kappa shape index (κ2) is 10.3. The predicted octanol–water partition coefficient (Wildman–Crippen LogP) is 4.69. The van der Waals surface area contributed by atoms with E-state index in [1.165, 1.54) is 12.1 Å². The third-order valence-electron chi connectivity index (χ3n) is 6.14. The zero-order chi connectivity index (χ0) is 25.0. The number of likely N-dealkylation sites (N-methyl/N-ethyl adjacent to an activating group) is 1. The first-order valence-electron chi connectivity index (χ1n) is 11.3. The second-order valence-electron chi connectivity index (χ2n) is 8.60. The Morgan fingerprint density at radius 3 is 2.11 bits per heavy atom. The Balaban J connectivity index is 1.41. The van der Waals surface area contributed by atoms with Crippen molar-refractivity contribution < 1.29 is 22.8 Å². The van der Waals surface area contributed by atoms with Gasteiger partial charge in [-0.2, -0.15) is 13.2 Å². The van der Waals surface area contributed by atoms with Crippen LogP contribution < -0.4 is 5.32 Å². The number of carbonyl (C=O) groups is 2. The molecular formula is C27H26F3N3O2. The van der Waals surface area contributed by atoms with Crippen LogP contribution in [-0.4, -0.2) is 54.8 Å². The number of hydrogen-bond donors (Lipinski definition) is 1. The van der Waals surface area contributed by atoms with E-state index in [9.17, 15) is 22.8 Å². The lowest BCUT2D eigenvalue weighted by Crippen LogP contribution is -2.47. The number of carbonyl (C=O) groups excluding carboxylic acids is 2. The highest BCUT2D eigenvalue weighted by atomic mass is 19.4. The van der Waals surface area contributed by atoms with Crippen molar-refractivity contribution in [1.82, 2.24) is 15.1 Å². The first-order chi connectivity index (χ1) is 16.7. The van der Waals surface area contributed by atoms with Gasteiger partial charge in [-0.05, 0) is 54.1 Å². The number of benzene rings is 3. The number of halogens is 3. The van der Waals surface area contributed by atoms with Gasteiger partial charge in [-0.25, -0.2) is 0 Å². The van der Waals surface area contributed by atoms with Crippen molar-refractivity contribution in [3.8, 4) is 11.1 Å². The topological polar surface area (TPSA) is 52.6 Å². The minimum Gasteiger partial charge on any atom is -0.348 e. The minimum absolute atomic E-state index is 0.000783. The van der Waals surface area contributed by atoms with Crippen molar-refractivity contribution in [3.63, 3.8) is 0 Å². The summed E-state index contributed by atoms with van der Waals surface area (Å²) in [6, 6.07) is 18.7. The summed E-state index contributed by atoms with van der Waals surface area (Å²) in [6.07, 6.45) is -4.42. The molecule has 0 bridgehead atoms. The van der Waals surface area contributed by atoms with E-state index < -0.39 is 11.7 Å². The standard InChI is InChI=1S/C27H26F3N3O2/c1-32-14-16-33(17-15-32)26(35)21-8-6-19(7-9-21)18-31-25(34)24-5-3-2-4-23(24)20-10-12-22(13-11-20)27(28,29)30/h2-13H,14-18H2,1H3,(H,31,34). The van der Waals surface area contributed by atoms with Crippen LogP contribution in [0.3, 0.4) is 0 Å². The molecule has 3 aromatic carbocycles. The Morgan fingerprint density at radius 1 is 0.857 bits per heavy atom. The predicted molar refractivity (Wildman–Crippen MR) is 128 cm³/mol. The summed E-state index contributed by atoms with van der Waals surface area (Å²) < 4.78 is 38.6. The largest absolute Gasteiger partial charge is 0.416 e. The molecule has 1 heterocycles. The molecule has 8 heteroatoms. The van der Waals surface area contributed by atoms with Crippen LogP contribution in [0.25, 0.3) is 11.1 Å². The number of nitrogens with one attached hydrogen (secondary N) is 1. The van der Waals surface area contributed by atoms with E-state index in [4.69, 9.17) is 0 Å². The van der Waals surface area contributed by atoms with Crippen molar-refractivity contribution >= 4 is 11.8 Å². The maximum absolute atomic E-state index is 12.9. The van der Waals surface area contributed by atoms with Crippen molar-refractivity contribution in [2.24, 2.45) is 0 Å². The molecule has 1 aliphatic rings. The minimum atomic E-state index is -4.42. The Morgan fingerprint density at radius 2 is 1.49 bits per heavy atom. The van der Waals surface area contributed by atoms with Crippen LogP contribution >= 0.6 is 0 Å². The molecule has 1 fully saturated rings. The van der Waals surface area contributed by atoms with Crippen LogP contribution in [0.2, 0.25) is 0 Å². The molecule has 3 aromatic rings. The lowest BCUT2D eigenvalue weighted by Gasteiger charge is -2.32. The number of rotatable bonds is 5. The average molecular weight is 482 g/mol. The van der Waals surface area contributed by atoms with Gasteiger partial charge >= 0.3 is 6.18 Å². The zero-order valence-electron chi connectivity index (χ0n) is 19.3. The van der Waals surface area contributed by atoms with E-state index in [2.05, 4.69) is 10.2 Å². The molecule has 0 spiro atoms. The van der Waals surface area contributed by atoms with Gasteiger partial charge < -0.3 is 15.1 Å². The third kappa shape index (κ3) is 5.89. The number of hydrogen-bond acceptors (Lipinski definition) is 3. The molecule has 2 amide bonds. The summed E-state index contributed by atoms with van der Waals surface area (Å²) in [7, 11) is 2.03. The van der Waals surface area contributed by atoms with Gasteiger partial charge in [0, 0.05) is 43.9 Å². The maximum Gasteiger partial charge on any atom is 0.416 e. The normalized spacial score (nSPS) is 14.6. The molecule has 0 atom stereocenters. The Kier molecular flexibility index (Phi) is 7.21. The number of amides is 2. The summed E-state index contributed by atoms with van der Waals surface area (Å²) in [5, 5.41) is 2.86. The van der Waals surface area contributed by atoms with Crippen LogP contribution in [0.1, 0.15) is 31.8 Å². The second-order valence-corrected chi connectivity index (χ2v) is 8.60. The van der Waals surface area contributed by atoms with Crippen LogP contribution in [-0.2, 0) is 12.7 Å². The van der Waals surface area contributed by atoms with Crippen molar-refractivity contribution in [2.45, 2.75) is 12.7 Å². The first kappa shape index (κ1) is 24.5. The van der Waals surface area contributed by atoms with Gasteiger partial charge in [0.2, 0.25) is 0 Å². The van der Waals surface area contributed by atoms with Gasteiger partial charge in [-0.3, -0.25) is 9.59 Å².